The number of ether oxygens (including phenoxy) is 1. The first-order chi connectivity index (χ1) is 7.63. The summed E-state index contributed by atoms with van der Waals surface area (Å²) in [7, 11) is 0. The van der Waals surface area contributed by atoms with Gasteiger partial charge in [0.15, 0.2) is 0 Å². The maximum absolute atomic E-state index is 11.5. The van der Waals surface area contributed by atoms with Crippen LogP contribution in [0.3, 0.4) is 0 Å². The normalized spacial score (nSPS) is 26.7. The molecule has 3 atom stereocenters. The Bertz CT molecular complexity index is 221. The topological polar surface area (TPSA) is 64.3 Å². The number of nitrogens with one attached hydrogen (secondary N) is 1. The predicted molar refractivity (Wildman–Crippen MR) is 64.1 cm³/mol. The van der Waals surface area contributed by atoms with Gasteiger partial charge < -0.3 is 15.8 Å². The minimum atomic E-state index is -0.0277. The van der Waals surface area contributed by atoms with E-state index in [1.54, 1.807) is 0 Å². The zero-order valence-corrected chi connectivity index (χ0v) is 10.4. The van der Waals surface area contributed by atoms with E-state index in [2.05, 4.69) is 12.2 Å². The van der Waals surface area contributed by atoms with Crippen molar-refractivity contribution in [2.24, 2.45) is 5.73 Å². The van der Waals surface area contributed by atoms with Gasteiger partial charge in [-0.1, -0.05) is 13.3 Å². The second kappa shape index (κ2) is 6.86. The molecule has 1 amide bonds. The molecule has 0 radical (unpaired) electrons. The molecule has 3 N–H and O–H groups in total. The molecule has 1 saturated carbocycles. The summed E-state index contributed by atoms with van der Waals surface area (Å²) < 4.78 is 5.52. The van der Waals surface area contributed by atoms with E-state index in [1.807, 2.05) is 6.92 Å². The standard InChI is InChI=1S/C12H24N2O2/c1-3-5-9(2)14-12(15)8-16-11-7-4-6-10(11)13/h9-11H,3-8,13H2,1-2H3,(H,14,15). The molecule has 4 heteroatoms. The second-order valence-corrected chi connectivity index (χ2v) is 4.70. The van der Waals surface area contributed by atoms with Crippen LogP contribution in [0.2, 0.25) is 0 Å². The van der Waals surface area contributed by atoms with Gasteiger partial charge >= 0.3 is 0 Å². The summed E-state index contributed by atoms with van der Waals surface area (Å²) in [5, 5.41) is 2.91. The van der Waals surface area contributed by atoms with Crippen LogP contribution in [-0.2, 0) is 9.53 Å². The van der Waals surface area contributed by atoms with Gasteiger partial charge in [-0.25, -0.2) is 0 Å². The molecule has 0 heterocycles. The summed E-state index contributed by atoms with van der Waals surface area (Å²) >= 11 is 0. The van der Waals surface area contributed by atoms with Crippen LogP contribution >= 0.6 is 0 Å². The highest BCUT2D eigenvalue weighted by atomic mass is 16.5. The van der Waals surface area contributed by atoms with Gasteiger partial charge in [-0.2, -0.15) is 0 Å². The van der Waals surface area contributed by atoms with Crippen molar-refractivity contribution in [2.75, 3.05) is 6.61 Å². The first-order valence-corrected chi connectivity index (χ1v) is 6.30. The zero-order valence-electron chi connectivity index (χ0n) is 10.4. The molecular weight excluding hydrogens is 204 g/mol. The van der Waals surface area contributed by atoms with Gasteiger partial charge in [-0.05, 0) is 32.6 Å². The van der Waals surface area contributed by atoms with Gasteiger partial charge in [-0.15, -0.1) is 0 Å². The minimum Gasteiger partial charge on any atom is -0.367 e. The van der Waals surface area contributed by atoms with Crippen LogP contribution in [0.25, 0.3) is 0 Å². The van der Waals surface area contributed by atoms with Crippen molar-refractivity contribution in [3.05, 3.63) is 0 Å². The zero-order chi connectivity index (χ0) is 12.0. The fraction of sp³-hybridized carbons (Fsp3) is 0.917. The number of hydrogen-bond donors (Lipinski definition) is 2. The molecule has 0 bridgehead atoms. The van der Waals surface area contributed by atoms with Crippen LogP contribution in [0.15, 0.2) is 0 Å². The molecule has 1 aliphatic rings. The van der Waals surface area contributed by atoms with Gasteiger partial charge in [-0.3, -0.25) is 4.79 Å². The Hall–Kier alpha value is -0.610. The van der Waals surface area contributed by atoms with Crippen LogP contribution in [0.5, 0.6) is 0 Å². The fourth-order valence-corrected chi connectivity index (χ4v) is 2.17. The molecule has 0 spiro atoms. The first-order valence-electron chi connectivity index (χ1n) is 6.30. The van der Waals surface area contributed by atoms with E-state index >= 15 is 0 Å². The van der Waals surface area contributed by atoms with E-state index in [0.717, 1.165) is 32.1 Å². The van der Waals surface area contributed by atoms with Crippen LogP contribution in [0.4, 0.5) is 0 Å². The molecule has 0 aromatic carbocycles. The molecule has 0 aromatic heterocycles. The number of nitrogens with two attached hydrogens (primary N) is 1. The third-order valence-corrected chi connectivity index (χ3v) is 3.06. The van der Waals surface area contributed by atoms with Crippen molar-refractivity contribution >= 4 is 5.91 Å². The Labute approximate surface area is 97.9 Å². The lowest BCUT2D eigenvalue weighted by Gasteiger charge is -2.17. The molecule has 16 heavy (non-hydrogen) atoms. The molecule has 0 saturated heterocycles. The Kier molecular flexibility index (Phi) is 5.77. The maximum Gasteiger partial charge on any atom is 0.246 e. The number of hydrogen-bond acceptors (Lipinski definition) is 3. The van der Waals surface area contributed by atoms with Crippen molar-refractivity contribution < 1.29 is 9.53 Å². The molecular formula is C12H24N2O2. The molecule has 1 rings (SSSR count). The maximum atomic E-state index is 11.5. The minimum absolute atomic E-state index is 0.0277. The van der Waals surface area contributed by atoms with Crippen molar-refractivity contribution in [2.45, 2.75) is 64.1 Å². The second-order valence-electron chi connectivity index (χ2n) is 4.70. The Balaban J connectivity index is 2.14. The summed E-state index contributed by atoms with van der Waals surface area (Å²) in [6, 6.07) is 0.346. The Morgan fingerprint density at radius 1 is 1.56 bits per heavy atom. The van der Waals surface area contributed by atoms with Crippen molar-refractivity contribution in [1.29, 1.82) is 0 Å². The van der Waals surface area contributed by atoms with E-state index in [4.69, 9.17) is 10.5 Å². The summed E-state index contributed by atoms with van der Waals surface area (Å²) in [5.74, 6) is -0.0277. The highest BCUT2D eigenvalue weighted by Crippen LogP contribution is 2.19. The monoisotopic (exact) mass is 228 g/mol. The van der Waals surface area contributed by atoms with Gasteiger partial charge in [0.2, 0.25) is 5.91 Å². The molecule has 0 aromatic rings. The van der Waals surface area contributed by atoms with Gasteiger partial charge in [0.25, 0.3) is 0 Å². The fourth-order valence-electron chi connectivity index (χ4n) is 2.17. The number of rotatable bonds is 6. The highest BCUT2D eigenvalue weighted by Gasteiger charge is 2.25. The van der Waals surface area contributed by atoms with E-state index in [0.29, 0.717) is 0 Å². The molecule has 4 nitrogen and oxygen atoms in total. The molecule has 1 aliphatic carbocycles. The third kappa shape index (κ3) is 4.49. The van der Waals surface area contributed by atoms with Gasteiger partial charge in [0, 0.05) is 12.1 Å². The lowest BCUT2D eigenvalue weighted by molar-refractivity contribution is -0.128. The average molecular weight is 228 g/mol. The molecule has 3 unspecified atom stereocenters. The van der Waals surface area contributed by atoms with E-state index in [-0.39, 0.29) is 30.7 Å². The summed E-state index contributed by atoms with van der Waals surface area (Å²) in [6.45, 7) is 4.27. The SMILES string of the molecule is CCCC(C)NC(=O)COC1CCCC1N. The number of carbonyl (C=O) groups is 1. The van der Waals surface area contributed by atoms with Crippen molar-refractivity contribution in [3.63, 3.8) is 0 Å². The molecule has 0 aliphatic heterocycles. The van der Waals surface area contributed by atoms with Gasteiger partial charge in [0.1, 0.15) is 6.61 Å². The molecule has 94 valence electrons. The smallest absolute Gasteiger partial charge is 0.246 e. The number of carbonyl (C=O) groups excluding carboxylic acids is 1. The predicted octanol–water partition coefficient (Wildman–Crippen LogP) is 1.19. The van der Waals surface area contributed by atoms with Crippen molar-refractivity contribution in [3.8, 4) is 0 Å². The quantitative estimate of drug-likeness (QED) is 0.717. The van der Waals surface area contributed by atoms with E-state index < -0.39 is 0 Å². The third-order valence-electron chi connectivity index (χ3n) is 3.06. The first kappa shape index (κ1) is 13.5. The Morgan fingerprint density at radius 2 is 2.31 bits per heavy atom. The van der Waals surface area contributed by atoms with Crippen LogP contribution in [-0.4, -0.2) is 30.7 Å². The summed E-state index contributed by atoms with van der Waals surface area (Å²) in [6.07, 6.45) is 5.27. The lowest BCUT2D eigenvalue weighted by atomic mass is 10.2. The van der Waals surface area contributed by atoms with E-state index in [9.17, 15) is 4.79 Å². The highest BCUT2D eigenvalue weighted by molar-refractivity contribution is 5.77. The van der Waals surface area contributed by atoms with Crippen molar-refractivity contribution in [1.82, 2.24) is 5.32 Å². The van der Waals surface area contributed by atoms with Crippen LogP contribution < -0.4 is 11.1 Å². The average Bonchev–Trinajstić information content (AvgIpc) is 2.61. The van der Waals surface area contributed by atoms with Crippen LogP contribution in [0, 0.1) is 0 Å². The largest absolute Gasteiger partial charge is 0.367 e. The Morgan fingerprint density at radius 3 is 2.88 bits per heavy atom. The van der Waals surface area contributed by atoms with Gasteiger partial charge in [0.05, 0.1) is 6.10 Å². The number of amides is 1. The molecule has 1 fully saturated rings. The van der Waals surface area contributed by atoms with Crippen LogP contribution in [0.1, 0.15) is 46.0 Å². The van der Waals surface area contributed by atoms with E-state index in [1.165, 1.54) is 0 Å². The summed E-state index contributed by atoms with van der Waals surface area (Å²) in [4.78, 5) is 11.5. The summed E-state index contributed by atoms with van der Waals surface area (Å²) in [5.41, 5.74) is 5.86. The lowest BCUT2D eigenvalue weighted by Crippen LogP contribution is -2.38.